The van der Waals surface area contributed by atoms with E-state index in [1.165, 1.54) is 4.57 Å². The summed E-state index contributed by atoms with van der Waals surface area (Å²) in [6.45, 7) is 3.41. The molecule has 0 atom stereocenters. The van der Waals surface area contributed by atoms with Gasteiger partial charge in [-0.15, -0.1) is 11.3 Å². The normalized spacial score (nSPS) is 10.8. The number of benzene rings is 1. The zero-order valence-corrected chi connectivity index (χ0v) is 15.1. The number of hydrogen-bond acceptors (Lipinski definition) is 5. The lowest BCUT2D eigenvalue weighted by atomic mass is 10.2. The Balaban J connectivity index is 2.02. The van der Waals surface area contributed by atoms with E-state index < -0.39 is 5.97 Å². The maximum absolute atomic E-state index is 12.8. The summed E-state index contributed by atoms with van der Waals surface area (Å²) in [5, 5.41) is 12.0. The predicted molar refractivity (Wildman–Crippen MR) is 100 cm³/mol. The smallest absolute Gasteiger partial charge is 0.305 e. The number of carboxylic acid groups (broad SMARTS) is 1. The van der Waals surface area contributed by atoms with Crippen molar-refractivity contribution in [3.63, 3.8) is 0 Å². The SMILES string of the molecule is Cc1c(C(=O)Nc2ccccc2)sc2nc(C)n(CCC(=O)O)c(=O)c12. The van der Waals surface area contributed by atoms with Gasteiger partial charge in [-0.05, 0) is 31.5 Å². The molecule has 0 aliphatic heterocycles. The molecule has 0 radical (unpaired) electrons. The van der Waals surface area contributed by atoms with E-state index in [1.807, 2.05) is 18.2 Å². The molecular weight excluding hydrogens is 354 g/mol. The molecular formula is C18H17N3O4S. The molecule has 8 heteroatoms. The number of rotatable bonds is 5. The van der Waals surface area contributed by atoms with Crippen LogP contribution in [0.4, 0.5) is 5.69 Å². The molecule has 0 aliphatic carbocycles. The van der Waals surface area contributed by atoms with Crippen LogP contribution in [0.25, 0.3) is 10.2 Å². The zero-order chi connectivity index (χ0) is 18.8. The standard InChI is InChI=1S/C18H17N3O4S/c1-10-14-17(19-11(2)21(18(14)25)9-8-13(22)23)26-15(10)16(24)20-12-6-4-3-5-7-12/h3-7H,8-9H2,1-2H3,(H,20,24)(H,22,23). The number of thiophene rings is 1. The van der Waals surface area contributed by atoms with Gasteiger partial charge in [0.25, 0.3) is 11.5 Å². The Morgan fingerprint density at radius 3 is 2.58 bits per heavy atom. The van der Waals surface area contributed by atoms with E-state index >= 15 is 0 Å². The lowest BCUT2D eigenvalue weighted by Crippen LogP contribution is -2.25. The molecule has 134 valence electrons. The van der Waals surface area contributed by atoms with Crippen LogP contribution in [0.1, 0.15) is 27.5 Å². The van der Waals surface area contributed by atoms with Crippen LogP contribution in [-0.4, -0.2) is 26.5 Å². The number of fused-ring (bicyclic) bond motifs is 1. The first kappa shape index (κ1) is 17.8. The number of aromatic nitrogens is 2. The molecule has 26 heavy (non-hydrogen) atoms. The van der Waals surface area contributed by atoms with Crippen LogP contribution in [0.15, 0.2) is 35.1 Å². The molecule has 3 rings (SSSR count). The third-order valence-electron chi connectivity index (χ3n) is 4.03. The van der Waals surface area contributed by atoms with E-state index in [0.29, 0.717) is 32.2 Å². The quantitative estimate of drug-likeness (QED) is 0.718. The zero-order valence-electron chi connectivity index (χ0n) is 14.3. The minimum Gasteiger partial charge on any atom is -0.481 e. The summed E-state index contributed by atoms with van der Waals surface area (Å²) in [6.07, 6.45) is -0.168. The molecule has 0 bridgehead atoms. The molecule has 0 spiro atoms. The number of carboxylic acids is 1. The van der Waals surface area contributed by atoms with Crippen molar-refractivity contribution in [2.24, 2.45) is 0 Å². The van der Waals surface area contributed by atoms with Crippen molar-refractivity contribution in [3.05, 3.63) is 57.0 Å². The third-order valence-corrected chi connectivity index (χ3v) is 5.21. The Bertz CT molecular complexity index is 1050. The number of nitrogens with one attached hydrogen (secondary N) is 1. The number of hydrogen-bond donors (Lipinski definition) is 2. The summed E-state index contributed by atoms with van der Waals surface area (Å²) in [5.41, 5.74) is 0.902. The van der Waals surface area contributed by atoms with Crippen LogP contribution >= 0.6 is 11.3 Å². The van der Waals surface area contributed by atoms with Gasteiger partial charge in [-0.25, -0.2) is 4.98 Å². The first-order chi connectivity index (χ1) is 12.4. The summed E-state index contributed by atoms with van der Waals surface area (Å²) >= 11 is 1.16. The minimum absolute atomic E-state index is 0.0454. The van der Waals surface area contributed by atoms with Gasteiger partial charge in [0, 0.05) is 12.2 Å². The predicted octanol–water partition coefficient (Wildman–Crippen LogP) is 2.80. The molecule has 2 aromatic heterocycles. The fraction of sp³-hybridized carbons (Fsp3) is 0.222. The van der Waals surface area contributed by atoms with E-state index in [2.05, 4.69) is 10.3 Å². The number of anilines is 1. The van der Waals surface area contributed by atoms with Crippen LogP contribution in [0.5, 0.6) is 0 Å². The number of amides is 1. The highest BCUT2D eigenvalue weighted by Gasteiger charge is 2.21. The summed E-state index contributed by atoms with van der Waals surface area (Å²) in [7, 11) is 0. The van der Waals surface area contributed by atoms with Crippen molar-refractivity contribution in [3.8, 4) is 0 Å². The van der Waals surface area contributed by atoms with Crippen molar-refractivity contribution in [2.45, 2.75) is 26.8 Å². The maximum atomic E-state index is 12.8. The molecule has 1 aromatic carbocycles. The van der Waals surface area contributed by atoms with Crippen LogP contribution in [0, 0.1) is 13.8 Å². The highest BCUT2D eigenvalue weighted by Crippen LogP contribution is 2.28. The molecule has 7 nitrogen and oxygen atoms in total. The molecule has 3 aromatic rings. The summed E-state index contributed by atoms with van der Waals surface area (Å²) < 4.78 is 1.34. The number of carbonyl (C=O) groups is 2. The number of aliphatic carboxylic acids is 1. The van der Waals surface area contributed by atoms with Crippen LogP contribution < -0.4 is 10.9 Å². The van der Waals surface area contributed by atoms with Crippen LogP contribution in [0.2, 0.25) is 0 Å². The molecule has 2 heterocycles. The fourth-order valence-electron chi connectivity index (χ4n) is 2.71. The molecule has 1 amide bonds. The summed E-state index contributed by atoms with van der Waals surface area (Å²) in [6, 6.07) is 9.05. The summed E-state index contributed by atoms with van der Waals surface area (Å²) in [4.78, 5) is 41.5. The minimum atomic E-state index is -0.985. The Morgan fingerprint density at radius 2 is 1.92 bits per heavy atom. The topological polar surface area (TPSA) is 101 Å². The first-order valence-corrected chi connectivity index (χ1v) is 8.79. The Hall–Kier alpha value is -3.00. The highest BCUT2D eigenvalue weighted by atomic mass is 32.1. The number of para-hydroxylation sites is 1. The van der Waals surface area contributed by atoms with Crippen molar-refractivity contribution in [1.29, 1.82) is 0 Å². The Kier molecular flexibility index (Phi) is 4.85. The monoisotopic (exact) mass is 371 g/mol. The van der Waals surface area contributed by atoms with Crippen molar-refractivity contribution in [2.75, 3.05) is 5.32 Å². The molecule has 0 saturated heterocycles. The Morgan fingerprint density at radius 1 is 1.23 bits per heavy atom. The number of nitrogens with zero attached hydrogens (tertiary/aromatic N) is 2. The highest BCUT2D eigenvalue weighted by molar-refractivity contribution is 7.20. The van der Waals surface area contributed by atoms with Gasteiger partial charge in [-0.2, -0.15) is 0 Å². The molecule has 2 N–H and O–H groups in total. The average molecular weight is 371 g/mol. The van der Waals surface area contributed by atoms with Gasteiger partial charge >= 0.3 is 5.97 Å². The first-order valence-electron chi connectivity index (χ1n) is 7.97. The van der Waals surface area contributed by atoms with Crippen molar-refractivity contribution < 1.29 is 14.7 Å². The second-order valence-electron chi connectivity index (χ2n) is 5.82. The van der Waals surface area contributed by atoms with Gasteiger partial charge in [0.2, 0.25) is 0 Å². The maximum Gasteiger partial charge on any atom is 0.305 e. The molecule has 0 unspecified atom stereocenters. The van der Waals surface area contributed by atoms with Gasteiger partial charge in [-0.3, -0.25) is 19.0 Å². The van der Waals surface area contributed by atoms with Gasteiger partial charge in [0.15, 0.2) is 0 Å². The second-order valence-corrected chi connectivity index (χ2v) is 6.82. The van der Waals surface area contributed by atoms with E-state index in [1.54, 1.807) is 26.0 Å². The van der Waals surface area contributed by atoms with Gasteiger partial charge in [-0.1, -0.05) is 18.2 Å². The van der Waals surface area contributed by atoms with E-state index in [0.717, 1.165) is 11.3 Å². The third kappa shape index (κ3) is 3.36. The largest absolute Gasteiger partial charge is 0.481 e. The average Bonchev–Trinajstić information content (AvgIpc) is 2.92. The van der Waals surface area contributed by atoms with E-state index in [9.17, 15) is 14.4 Å². The number of aryl methyl sites for hydroxylation is 2. The van der Waals surface area contributed by atoms with Crippen molar-refractivity contribution >= 4 is 39.1 Å². The van der Waals surface area contributed by atoms with E-state index in [-0.39, 0.29) is 24.4 Å². The van der Waals surface area contributed by atoms with Crippen LogP contribution in [0.3, 0.4) is 0 Å². The van der Waals surface area contributed by atoms with E-state index in [4.69, 9.17) is 5.11 Å². The molecule has 0 saturated carbocycles. The molecule has 0 aliphatic rings. The second kappa shape index (κ2) is 7.09. The lowest BCUT2D eigenvalue weighted by Gasteiger charge is -2.07. The molecule has 0 fully saturated rings. The summed E-state index contributed by atoms with van der Waals surface area (Å²) in [5.74, 6) is -0.854. The van der Waals surface area contributed by atoms with Crippen molar-refractivity contribution in [1.82, 2.24) is 9.55 Å². The van der Waals surface area contributed by atoms with Gasteiger partial charge in [0.05, 0.1) is 16.7 Å². The lowest BCUT2D eigenvalue weighted by molar-refractivity contribution is -0.137. The van der Waals surface area contributed by atoms with Gasteiger partial charge in [0.1, 0.15) is 10.7 Å². The fourth-order valence-corrected chi connectivity index (χ4v) is 3.83. The van der Waals surface area contributed by atoms with Crippen LogP contribution in [-0.2, 0) is 11.3 Å². The Labute approximate surface area is 152 Å². The number of carbonyl (C=O) groups excluding carboxylic acids is 1. The van der Waals surface area contributed by atoms with Gasteiger partial charge < -0.3 is 10.4 Å².